The van der Waals surface area contributed by atoms with Crippen LogP contribution in [0.2, 0.25) is 0 Å². The van der Waals surface area contributed by atoms with Gasteiger partial charge < -0.3 is 24.2 Å². The predicted molar refractivity (Wildman–Crippen MR) is 174 cm³/mol. The molecule has 0 fully saturated rings. The summed E-state index contributed by atoms with van der Waals surface area (Å²) in [4.78, 5) is 41.5. The highest BCUT2D eigenvalue weighted by atomic mass is 16.5. The second kappa shape index (κ2) is 12.8. The molecule has 0 spiro atoms. The molecule has 0 saturated carbocycles. The molecule has 5 heterocycles. The van der Waals surface area contributed by atoms with Crippen molar-refractivity contribution < 1.29 is 23.8 Å². The summed E-state index contributed by atoms with van der Waals surface area (Å²) in [5.41, 5.74) is 13.9. The molecule has 0 radical (unpaired) electrons. The van der Waals surface area contributed by atoms with Gasteiger partial charge in [0.1, 0.15) is 0 Å². The van der Waals surface area contributed by atoms with E-state index in [1.165, 1.54) is 14.2 Å². The molecule has 228 valence electrons. The third-order valence-electron chi connectivity index (χ3n) is 8.34. The van der Waals surface area contributed by atoms with Gasteiger partial charge in [0, 0.05) is 40.5 Å². The van der Waals surface area contributed by atoms with E-state index >= 15 is 0 Å². The fourth-order valence-electron chi connectivity index (χ4n) is 5.71. The molecular weight excluding hydrogens is 556 g/mol. The lowest BCUT2D eigenvalue weighted by molar-refractivity contribution is -0.141. The molecule has 0 atom stereocenters. The van der Waals surface area contributed by atoms with Crippen LogP contribution in [-0.2, 0) is 23.8 Å². The van der Waals surface area contributed by atoms with Crippen molar-refractivity contribution in [1.82, 2.24) is 19.9 Å². The Morgan fingerprint density at radius 1 is 0.705 bits per heavy atom. The van der Waals surface area contributed by atoms with Gasteiger partial charge in [-0.25, -0.2) is 9.97 Å². The van der Waals surface area contributed by atoms with Crippen LogP contribution in [0.15, 0.2) is 36.6 Å². The Hall–Kier alpha value is -4.92. The number of aromatic amines is 2. The van der Waals surface area contributed by atoms with Gasteiger partial charge in [-0.05, 0) is 110 Å². The monoisotopic (exact) mass is 594 g/mol. The van der Waals surface area contributed by atoms with E-state index in [2.05, 4.69) is 35.9 Å². The van der Waals surface area contributed by atoms with Gasteiger partial charge in [-0.15, -0.1) is 0 Å². The number of H-pyrrole nitrogens is 2. The number of nitrogens with one attached hydrogen (secondary N) is 2. The molecular formula is C35H38N4O5. The van der Waals surface area contributed by atoms with E-state index in [0.29, 0.717) is 12.8 Å². The average molecular weight is 595 g/mol. The summed E-state index contributed by atoms with van der Waals surface area (Å²) in [6.45, 7) is 8.19. The first kappa shape index (κ1) is 30.5. The number of rotatable bonds is 8. The fraction of sp³-hybridized carbons (Fsp3) is 0.314. The highest BCUT2D eigenvalue weighted by Gasteiger charge is 2.22. The van der Waals surface area contributed by atoms with Crippen molar-refractivity contribution in [3.8, 4) is 0 Å². The number of esters is 2. The maximum Gasteiger partial charge on any atom is 0.305 e. The lowest BCUT2D eigenvalue weighted by Crippen LogP contribution is -2.01. The second-order valence-corrected chi connectivity index (χ2v) is 11.1. The topological polar surface area (TPSA) is 119 Å². The van der Waals surface area contributed by atoms with Crippen LogP contribution in [0.25, 0.3) is 50.4 Å². The van der Waals surface area contributed by atoms with Gasteiger partial charge in [-0.3, -0.25) is 9.59 Å². The van der Waals surface area contributed by atoms with Crippen molar-refractivity contribution in [2.45, 2.75) is 53.4 Å². The number of hydrogen-bond donors (Lipinski definition) is 2. The standard InChI is InChI=1S/C35H38N4O5/c1-19-14-23-15-28-20(2)24(8-10-34(40)43-6)32(37-28)18-33-25(9-11-35(41)44-7)21(3)29(39-33)17-30-22(4)26(12-13-42-5)31(38-30)16-27(19)36-23/h12-18,36,38H,8-11H2,1-7H3/b13-12+,23-15?,27-16?,28-15?,29-17?,30-17?,31-16?,32-18?,33-18?. The van der Waals surface area contributed by atoms with Crippen molar-refractivity contribution in [2.75, 3.05) is 21.3 Å². The highest BCUT2D eigenvalue weighted by Crippen LogP contribution is 2.38. The molecule has 8 bridgehead atoms. The zero-order chi connectivity index (χ0) is 31.5. The molecule has 0 aromatic carbocycles. The van der Waals surface area contributed by atoms with Crippen molar-refractivity contribution in [2.24, 2.45) is 0 Å². The SMILES string of the molecule is CO/C=C/c1c(C)c2cc3nc(cc4nc(cc5cc(C)c(cc1[nH]2)[nH]5)C(C)=C4CCC(=O)OC)C(CCC(=O)OC)=C3C. The molecule has 44 heavy (non-hydrogen) atoms. The molecule has 0 aliphatic carbocycles. The van der Waals surface area contributed by atoms with Gasteiger partial charge in [-0.1, -0.05) is 0 Å². The number of fused-ring (bicyclic) bond motifs is 8. The van der Waals surface area contributed by atoms with Crippen molar-refractivity contribution in [3.63, 3.8) is 0 Å². The summed E-state index contributed by atoms with van der Waals surface area (Å²) in [7, 11) is 4.42. The Kier molecular flexibility index (Phi) is 8.85. The maximum atomic E-state index is 12.2. The molecule has 2 N–H and O–H groups in total. The third-order valence-corrected chi connectivity index (χ3v) is 8.34. The van der Waals surface area contributed by atoms with E-state index in [9.17, 15) is 9.59 Å². The number of ether oxygens (including phenoxy) is 3. The summed E-state index contributed by atoms with van der Waals surface area (Å²) in [6.07, 6.45) is 5.03. The van der Waals surface area contributed by atoms with E-state index < -0.39 is 0 Å². The van der Waals surface area contributed by atoms with E-state index in [1.807, 2.05) is 38.1 Å². The maximum absolute atomic E-state index is 12.2. The van der Waals surface area contributed by atoms with Crippen LogP contribution in [-0.4, -0.2) is 53.2 Å². The third kappa shape index (κ3) is 6.08. The van der Waals surface area contributed by atoms with Gasteiger partial charge in [0.15, 0.2) is 0 Å². The normalized spacial score (nSPS) is 13.2. The second-order valence-electron chi connectivity index (χ2n) is 11.1. The molecule has 2 aliphatic rings. The molecule has 9 heteroatoms. The number of methoxy groups -OCH3 is 3. The highest BCUT2D eigenvalue weighted by molar-refractivity contribution is 5.96. The first-order valence-electron chi connectivity index (χ1n) is 14.6. The first-order chi connectivity index (χ1) is 21.1. The Morgan fingerprint density at radius 3 is 1.86 bits per heavy atom. The van der Waals surface area contributed by atoms with Gasteiger partial charge >= 0.3 is 11.9 Å². The average Bonchev–Trinajstić information content (AvgIpc) is 3.68. The number of carbonyl (C=O) groups excluding carboxylic acids is 2. The molecule has 0 unspecified atom stereocenters. The first-order valence-corrected chi connectivity index (χ1v) is 14.6. The van der Waals surface area contributed by atoms with Crippen LogP contribution in [0.4, 0.5) is 0 Å². The minimum Gasteiger partial charge on any atom is -0.504 e. The molecule has 2 aliphatic heterocycles. The van der Waals surface area contributed by atoms with Gasteiger partial charge in [0.05, 0.1) is 50.4 Å². The van der Waals surface area contributed by atoms with Crippen LogP contribution in [0.5, 0.6) is 0 Å². The Balaban J connectivity index is 1.85. The van der Waals surface area contributed by atoms with E-state index in [1.54, 1.807) is 13.4 Å². The zero-order valence-electron chi connectivity index (χ0n) is 26.3. The zero-order valence-corrected chi connectivity index (χ0v) is 26.3. The lowest BCUT2D eigenvalue weighted by atomic mass is 9.98. The molecule has 3 aromatic rings. The molecule has 9 nitrogen and oxygen atoms in total. The van der Waals surface area contributed by atoms with Crippen LogP contribution in [0, 0.1) is 13.8 Å². The molecule has 5 rings (SSSR count). The molecule has 0 amide bonds. The number of aromatic nitrogens is 4. The molecule has 0 saturated heterocycles. The Labute approximate surface area is 256 Å². The number of allylic oxidation sites excluding steroid dienone is 4. The van der Waals surface area contributed by atoms with Crippen LogP contribution < -0.4 is 0 Å². The quantitative estimate of drug-likeness (QED) is 0.207. The van der Waals surface area contributed by atoms with Gasteiger partial charge in [0.2, 0.25) is 0 Å². The van der Waals surface area contributed by atoms with Gasteiger partial charge in [-0.2, -0.15) is 0 Å². The summed E-state index contributed by atoms with van der Waals surface area (Å²) >= 11 is 0. The van der Waals surface area contributed by atoms with Gasteiger partial charge in [0.25, 0.3) is 0 Å². The smallest absolute Gasteiger partial charge is 0.305 e. The predicted octanol–water partition coefficient (Wildman–Crippen LogP) is 7.32. The number of hydrogen-bond acceptors (Lipinski definition) is 7. The van der Waals surface area contributed by atoms with Crippen LogP contribution >= 0.6 is 0 Å². The Bertz CT molecular complexity index is 1900. The lowest BCUT2D eigenvalue weighted by Gasteiger charge is -2.06. The minimum absolute atomic E-state index is 0.228. The number of nitrogens with zero attached hydrogens (tertiary/aromatic N) is 2. The fourth-order valence-corrected chi connectivity index (χ4v) is 5.71. The van der Waals surface area contributed by atoms with Crippen LogP contribution in [0.3, 0.4) is 0 Å². The summed E-state index contributed by atoms with van der Waals surface area (Å²) in [5, 5.41) is 0. The van der Waals surface area contributed by atoms with E-state index in [4.69, 9.17) is 24.2 Å². The minimum atomic E-state index is -0.284. The van der Waals surface area contributed by atoms with Crippen LogP contribution in [0.1, 0.15) is 79.0 Å². The Morgan fingerprint density at radius 2 is 1.30 bits per heavy atom. The van der Waals surface area contributed by atoms with Crippen molar-refractivity contribution in [1.29, 1.82) is 0 Å². The molecule has 3 aromatic heterocycles. The number of aryl methyl sites for hydroxylation is 2. The number of carbonyl (C=O) groups is 2. The largest absolute Gasteiger partial charge is 0.504 e. The summed E-state index contributed by atoms with van der Waals surface area (Å²) < 4.78 is 15.1. The van der Waals surface area contributed by atoms with Crippen molar-refractivity contribution >= 4 is 62.4 Å². The van der Waals surface area contributed by atoms with E-state index in [-0.39, 0.29) is 24.8 Å². The van der Waals surface area contributed by atoms with Crippen molar-refractivity contribution in [3.05, 3.63) is 76.1 Å². The summed E-state index contributed by atoms with van der Waals surface area (Å²) in [6, 6.07) is 10.2. The summed E-state index contributed by atoms with van der Waals surface area (Å²) in [5.74, 6) is -0.562. The van der Waals surface area contributed by atoms with E-state index in [0.717, 1.165) is 83.8 Å².